The van der Waals surface area contributed by atoms with Gasteiger partial charge in [-0.1, -0.05) is 54.5 Å². The van der Waals surface area contributed by atoms with Crippen molar-refractivity contribution in [1.82, 2.24) is 15.0 Å². The van der Waals surface area contributed by atoms with E-state index in [1.165, 1.54) is 0 Å². The number of halogens is 1. The number of nitrogens with zero attached hydrogens (tertiary/aromatic N) is 4. The predicted octanol–water partition coefficient (Wildman–Crippen LogP) is 4.60. The van der Waals surface area contributed by atoms with E-state index in [2.05, 4.69) is 34.0 Å². The highest BCUT2D eigenvalue weighted by atomic mass is 19.1. The van der Waals surface area contributed by atoms with Gasteiger partial charge < -0.3 is 20.1 Å². The van der Waals surface area contributed by atoms with Gasteiger partial charge in [-0.15, -0.1) is 0 Å². The lowest BCUT2D eigenvalue weighted by Gasteiger charge is -2.35. The topological polar surface area (TPSA) is 70.9 Å². The van der Waals surface area contributed by atoms with Gasteiger partial charge in [-0.05, 0) is 44.1 Å². The Hall–Kier alpha value is -3.19. The number of hydrogen-bond acceptors (Lipinski definition) is 4. The fourth-order valence-corrected chi connectivity index (χ4v) is 4.15. The van der Waals surface area contributed by atoms with Crippen molar-refractivity contribution in [2.75, 3.05) is 27.2 Å². The summed E-state index contributed by atoms with van der Waals surface area (Å²) in [5.74, 6) is 0.406. The first-order valence-electron chi connectivity index (χ1n) is 11.0. The van der Waals surface area contributed by atoms with Crippen molar-refractivity contribution >= 4 is 11.8 Å². The molecule has 1 aliphatic rings. The standard InChI is InChI=1S/C25H30FN5O/c1-17(19-9-10-21(22(26)15-19)18-7-5-4-6-8-18)23-16-24(32-29-23)28-25(27)31-13-11-20(12-14-31)30(2)3/h4-10,15-17,20H,11-14H2,1-3H3,(H2,27,28). The summed E-state index contributed by atoms with van der Waals surface area (Å²) in [5.41, 5.74) is 9.16. The molecule has 1 saturated heterocycles. The van der Waals surface area contributed by atoms with E-state index >= 15 is 0 Å². The summed E-state index contributed by atoms with van der Waals surface area (Å²) in [6.45, 7) is 3.70. The minimum atomic E-state index is -0.257. The highest BCUT2D eigenvalue weighted by molar-refractivity contribution is 5.80. The summed E-state index contributed by atoms with van der Waals surface area (Å²) in [4.78, 5) is 8.75. The number of piperidine rings is 1. The van der Waals surface area contributed by atoms with Crippen molar-refractivity contribution in [1.29, 1.82) is 0 Å². The highest BCUT2D eigenvalue weighted by Crippen LogP contribution is 2.30. The molecule has 2 N–H and O–H groups in total. The summed E-state index contributed by atoms with van der Waals surface area (Å²) in [6, 6.07) is 17.2. The number of benzene rings is 2. The second kappa shape index (κ2) is 9.53. The van der Waals surface area contributed by atoms with Crippen molar-refractivity contribution in [3.63, 3.8) is 0 Å². The Labute approximate surface area is 188 Å². The number of aromatic nitrogens is 1. The fourth-order valence-electron chi connectivity index (χ4n) is 4.15. The lowest BCUT2D eigenvalue weighted by molar-refractivity contribution is 0.190. The smallest absolute Gasteiger partial charge is 0.253 e. The van der Waals surface area contributed by atoms with Gasteiger partial charge in [0.15, 0.2) is 5.96 Å². The van der Waals surface area contributed by atoms with E-state index in [0.29, 0.717) is 29.1 Å². The van der Waals surface area contributed by atoms with Crippen LogP contribution in [0, 0.1) is 5.82 Å². The van der Waals surface area contributed by atoms with Gasteiger partial charge in [0.2, 0.25) is 0 Å². The Morgan fingerprint density at radius 3 is 2.53 bits per heavy atom. The van der Waals surface area contributed by atoms with Crippen LogP contribution >= 0.6 is 0 Å². The Balaban J connectivity index is 1.45. The molecule has 0 radical (unpaired) electrons. The van der Waals surface area contributed by atoms with Crippen molar-refractivity contribution < 1.29 is 8.91 Å². The zero-order valence-electron chi connectivity index (χ0n) is 18.8. The van der Waals surface area contributed by atoms with Crippen LogP contribution < -0.4 is 5.73 Å². The average Bonchev–Trinajstić information content (AvgIpc) is 3.27. The van der Waals surface area contributed by atoms with E-state index in [0.717, 1.165) is 37.1 Å². The van der Waals surface area contributed by atoms with E-state index in [1.807, 2.05) is 49.4 Å². The molecule has 168 valence electrons. The van der Waals surface area contributed by atoms with Crippen molar-refractivity contribution in [2.24, 2.45) is 10.7 Å². The first-order chi connectivity index (χ1) is 15.4. The molecule has 4 rings (SSSR count). The molecule has 6 nitrogen and oxygen atoms in total. The summed E-state index contributed by atoms with van der Waals surface area (Å²) in [7, 11) is 4.21. The van der Waals surface area contributed by atoms with Gasteiger partial charge in [0.1, 0.15) is 5.82 Å². The molecule has 1 fully saturated rings. The summed E-state index contributed by atoms with van der Waals surface area (Å²) >= 11 is 0. The van der Waals surface area contributed by atoms with Crippen LogP contribution in [0.2, 0.25) is 0 Å². The first kappa shape index (κ1) is 22.0. The summed E-state index contributed by atoms with van der Waals surface area (Å²) in [5, 5.41) is 4.15. The minimum Gasteiger partial charge on any atom is -0.369 e. The van der Waals surface area contributed by atoms with Gasteiger partial charge >= 0.3 is 0 Å². The maximum atomic E-state index is 14.8. The predicted molar refractivity (Wildman–Crippen MR) is 125 cm³/mol. The molecule has 0 amide bonds. The van der Waals surface area contributed by atoms with Gasteiger partial charge in [-0.2, -0.15) is 4.99 Å². The first-order valence-corrected chi connectivity index (χ1v) is 11.0. The van der Waals surface area contributed by atoms with E-state index < -0.39 is 0 Å². The third-order valence-corrected chi connectivity index (χ3v) is 6.28. The Kier molecular flexibility index (Phi) is 6.55. The number of nitrogens with two attached hydrogens (primary N) is 1. The third-order valence-electron chi connectivity index (χ3n) is 6.28. The highest BCUT2D eigenvalue weighted by Gasteiger charge is 2.22. The van der Waals surface area contributed by atoms with Crippen LogP contribution in [-0.2, 0) is 0 Å². The molecule has 1 aromatic heterocycles. The van der Waals surface area contributed by atoms with E-state index in [1.54, 1.807) is 12.1 Å². The van der Waals surface area contributed by atoms with Crippen molar-refractivity contribution in [3.8, 4) is 11.1 Å². The Morgan fingerprint density at radius 2 is 1.88 bits per heavy atom. The van der Waals surface area contributed by atoms with Gasteiger partial charge in [0.05, 0.1) is 5.69 Å². The molecule has 32 heavy (non-hydrogen) atoms. The number of guanidine groups is 1. The summed E-state index contributed by atoms with van der Waals surface area (Å²) in [6.07, 6.45) is 2.10. The fraction of sp³-hybridized carbons (Fsp3) is 0.360. The van der Waals surface area contributed by atoms with Gasteiger partial charge in [-0.25, -0.2) is 4.39 Å². The number of rotatable bonds is 5. The molecule has 0 bridgehead atoms. The number of hydrogen-bond donors (Lipinski definition) is 1. The Morgan fingerprint density at radius 1 is 1.16 bits per heavy atom. The number of aliphatic imine (C=N–C) groups is 1. The van der Waals surface area contributed by atoms with E-state index in [9.17, 15) is 4.39 Å². The SMILES string of the molecule is CC(c1ccc(-c2ccccc2)c(F)c1)c1cc(/N=C(\N)N2CCC(N(C)C)CC2)on1. The molecule has 0 spiro atoms. The van der Waals surface area contributed by atoms with Gasteiger partial charge in [0, 0.05) is 36.7 Å². The van der Waals surface area contributed by atoms with E-state index in [-0.39, 0.29) is 11.7 Å². The second-order valence-corrected chi connectivity index (χ2v) is 8.57. The van der Waals surface area contributed by atoms with Crippen LogP contribution in [0.5, 0.6) is 0 Å². The van der Waals surface area contributed by atoms with Crippen LogP contribution in [0.4, 0.5) is 10.3 Å². The Bertz CT molecular complexity index is 1070. The molecule has 3 aromatic rings. The van der Waals surface area contributed by atoms with Gasteiger partial charge in [-0.3, -0.25) is 0 Å². The maximum absolute atomic E-state index is 14.8. The average molecular weight is 436 g/mol. The maximum Gasteiger partial charge on any atom is 0.253 e. The molecular formula is C25H30FN5O. The van der Waals surface area contributed by atoms with Crippen LogP contribution in [0.15, 0.2) is 64.1 Å². The van der Waals surface area contributed by atoms with Crippen LogP contribution in [0.1, 0.15) is 36.9 Å². The van der Waals surface area contributed by atoms with Gasteiger partial charge in [0.25, 0.3) is 5.88 Å². The quantitative estimate of drug-likeness (QED) is 0.468. The molecule has 2 heterocycles. The molecule has 1 atom stereocenters. The second-order valence-electron chi connectivity index (χ2n) is 8.57. The zero-order chi connectivity index (χ0) is 22.7. The molecule has 0 saturated carbocycles. The molecule has 0 aliphatic carbocycles. The molecule has 1 aliphatic heterocycles. The van der Waals surface area contributed by atoms with Crippen LogP contribution in [-0.4, -0.2) is 54.1 Å². The third kappa shape index (κ3) is 4.83. The lowest BCUT2D eigenvalue weighted by atomic mass is 9.95. The minimum absolute atomic E-state index is 0.140. The normalized spacial score (nSPS) is 16.5. The number of likely N-dealkylation sites (tertiary alicyclic amines) is 1. The van der Waals surface area contributed by atoms with Crippen molar-refractivity contribution in [3.05, 3.63) is 71.7 Å². The largest absolute Gasteiger partial charge is 0.369 e. The van der Waals surface area contributed by atoms with Crippen LogP contribution in [0.25, 0.3) is 11.1 Å². The molecule has 1 unspecified atom stereocenters. The molecular weight excluding hydrogens is 405 g/mol. The zero-order valence-corrected chi connectivity index (χ0v) is 18.8. The monoisotopic (exact) mass is 435 g/mol. The lowest BCUT2D eigenvalue weighted by Crippen LogP contribution is -2.47. The molecule has 7 heteroatoms. The van der Waals surface area contributed by atoms with E-state index in [4.69, 9.17) is 10.3 Å². The van der Waals surface area contributed by atoms with Crippen LogP contribution in [0.3, 0.4) is 0 Å². The molecule has 2 aromatic carbocycles. The van der Waals surface area contributed by atoms with Crippen molar-refractivity contribution in [2.45, 2.75) is 31.7 Å². The summed E-state index contributed by atoms with van der Waals surface area (Å²) < 4.78 is 20.2.